The van der Waals surface area contributed by atoms with Crippen LogP contribution in [0, 0.1) is 45.2 Å². The highest BCUT2D eigenvalue weighted by Crippen LogP contribution is 2.72. The van der Waals surface area contributed by atoms with Gasteiger partial charge in [-0.2, -0.15) is 5.26 Å². The largest absolute Gasteiger partial charge is 0.185 e. The van der Waals surface area contributed by atoms with Crippen molar-refractivity contribution in [1.82, 2.24) is 0 Å². The van der Waals surface area contributed by atoms with Gasteiger partial charge in [-0.1, -0.05) is 27.7 Å². The van der Waals surface area contributed by atoms with Crippen LogP contribution in [0.1, 0.15) is 53.4 Å². The molecule has 4 aliphatic rings. The lowest BCUT2D eigenvalue weighted by Crippen LogP contribution is -2.57. The summed E-state index contributed by atoms with van der Waals surface area (Å²) in [5.41, 5.74) is 1.04. The lowest BCUT2D eigenvalue weighted by Gasteiger charge is -2.61. The summed E-state index contributed by atoms with van der Waals surface area (Å²) in [6, 6.07) is 0. The Bertz CT molecular complexity index is 398. The van der Waals surface area contributed by atoms with Crippen LogP contribution < -0.4 is 0 Å². The summed E-state index contributed by atoms with van der Waals surface area (Å²) in [5.74, 6) is 3.30. The van der Waals surface area contributed by atoms with Crippen molar-refractivity contribution in [3.05, 3.63) is 0 Å². The zero-order valence-corrected chi connectivity index (χ0v) is 12.9. The number of nitriles is 1. The molecule has 0 spiro atoms. The van der Waals surface area contributed by atoms with Crippen molar-refractivity contribution >= 4 is 11.8 Å². The molecule has 0 heterocycles. The molecule has 100 valence electrons. The Morgan fingerprint density at radius 2 is 2.00 bits per heavy atom. The molecule has 18 heavy (non-hydrogen) atoms. The number of fused-ring (bicyclic) bond motifs is 1. The highest BCUT2D eigenvalue weighted by atomic mass is 32.2. The van der Waals surface area contributed by atoms with Crippen molar-refractivity contribution in [2.75, 3.05) is 0 Å². The molecule has 0 aromatic heterocycles. The first-order valence-electron chi connectivity index (χ1n) is 7.47. The van der Waals surface area contributed by atoms with Gasteiger partial charge in [-0.15, -0.1) is 0 Å². The van der Waals surface area contributed by atoms with Gasteiger partial charge in [-0.3, -0.25) is 0 Å². The van der Waals surface area contributed by atoms with E-state index in [1.165, 1.54) is 25.7 Å². The normalized spacial score (nSPS) is 53.8. The highest BCUT2D eigenvalue weighted by molar-refractivity contribution is 8.04. The second kappa shape index (κ2) is 3.92. The van der Waals surface area contributed by atoms with E-state index in [4.69, 9.17) is 0 Å². The third kappa shape index (κ3) is 1.46. The number of thioether (sulfide) groups is 1. The number of hydrogen-bond donors (Lipinski definition) is 0. The van der Waals surface area contributed by atoms with Crippen LogP contribution in [0.2, 0.25) is 0 Å². The molecule has 6 atom stereocenters. The SMILES string of the molecule is CC(C)[C@H]1C[C@H]2[C@]3(C)CC[C@@]2(C)[C@@H](SC#N)[C@H]1C3. The maximum Gasteiger partial charge on any atom is 0.133 e. The van der Waals surface area contributed by atoms with Gasteiger partial charge in [0.05, 0.1) is 0 Å². The zero-order valence-electron chi connectivity index (χ0n) is 12.1. The Morgan fingerprint density at radius 3 is 2.61 bits per heavy atom. The van der Waals surface area contributed by atoms with Crippen LogP contribution in [-0.4, -0.2) is 5.25 Å². The van der Waals surface area contributed by atoms with Crippen molar-refractivity contribution in [2.45, 2.75) is 58.6 Å². The predicted octanol–water partition coefficient (Wildman–Crippen LogP) is 4.69. The Kier molecular flexibility index (Phi) is 2.80. The average molecular weight is 263 g/mol. The van der Waals surface area contributed by atoms with E-state index in [1.54, 1.807) is 11.8 Å². The predicted molar refractivity (Wildman–Crippen MR) is 77.0 cm³/mol. The minimum Gasteiger partial charge on any atom is -0.185 e. The average Bonchev–Trinajstić information content (AvgIpc) is 2.52. The summed E-state index contributed by atoms with van der Waals surface area (Å²) in [4.78, 5) is 0. The minimum absolute atomic E-state index is 0.448. The number of nitrogens with zero attached hydrogens (tertiary/aromatic N) is 1. The van der Waals surface area contributed by atoms with E-state index in [0.717, 1.165) is 23.7 Å². The first kappa shape index (κ1) is 12.9. The van der Waals surface area contributed by atoms with Crippen molar-refractivity contribution < 1.29 is 0 Å². The molecular weight excluding hydrogens is 238 g/mol. The molecular formula is C16H25NS. The molecule has 2 heteroatoms. The molecule has 0 aromatic carbocycles. The van der Waals surface area contributed by atoms with E-state index in [0.29, 0.717) is 16.1 Å². The first-order chi connectivity index (χ1) is 8.42. The number of hydrogen-bond acceptors (Lipinski definition) is 2. The van der Waals surface area contributed by atoms with Crippen LogP contribution in [-0.2, 0) is 0 Å². The maximum atomic E-state index is 9.19. The van der Waals surface area contributed by atoms with Crippen molar-refractivity contribution in [1.29, 1.82) is 5.26 Å². The molecule has 0 radical (unpaired) electrons. The van der Waals surface area contributed by atoms with Gasteiger partial charge in [0, 0.05) is 5.25 Å². The van der Waals surface area contributed by atoms with Crippen LogP contribution in [0.15, 0.2) is 0 Å². The lowest BCUT2D eigenvalue weighted by atomic mass is 9.47. The zero-order chi connectivity index (χ0) is 13.1. The monoisotopic (exact) mass is 263 g/mol. The summed E-state index contributed by atoms with van der Waals surface area (Å²) >= 11 is 1.60. The van der Waals surface area contributed by atoms with E-state index in [2.05, 4.69) is 33.1 Å². The van der Waals surface area contributed by atoms with Gasteiger partial charge in [0.15, 0.2) is 0 Å². The van der Waals surface area contributed by atoms with Gasteiger partial charge in [0.25, 0.3) is 0 Å². The Labute approximate surface area is 116 Å². The van der Waals surface area contributed by atoms with Crippen molar-refractivity contribution in [3.63, 3.8) is 0 Å². The number of thiocyanates is 1. The van der Waals surface area contributed by atoms with E-state index >= 15 is 0 Å². The van der Waals surface area contributed by atoms with Gasteiger partial charge in [0.1, 0.15) is 5.40 Å². The van der Waals surface area contributed by atoms with Gasteiger partial charge >= 0.3 is 0 Å². The van der Waals surface area contributed by atoms with E-state index in [1.807, 2.05) is 0 Å². The van der Waals surface area contributed by atoms with E-state index in [-0.39, 0.29) is 0 Å². The fourth-order valence-electron chi connectivity index (χ4n) is 5.84. The third-order valence-electron chi connectivity index (χ3n) is 6.71. The van der Waals surface area contributed by atoms with Crippen molar-refractivity contribution in [2.24, 2.45) is 34.5 Å². The summed E-state index contributed by atoms with van der Waals surface area (Å²) in [6.45, 7) is 9.78. The summed E-state index contributed by atoms with van der Waals surface area (Å²) in [5, 5.41) is 12.2. The molecule has 4 aliphatic carbocycles. The molecule has 0 aliphatic heterocycles. The minimum atomic E-state index is 0.448. The smallest absolute Gasteiger partial charge is 0.133 e. The Morgan fingerprint density at radius 1 is 1.28 bits per heavy atom. The van der Waals surface area contributed by atoms with Gasteiger partial charge in [-0.25, -0.2) is 0 Å². The lowest BCUT2D eigenvalue weighted by molar-refractivity contribution is -0.0757. The molecule has 0 unspecified atom stereocenters. The third-order valence-corrected chi connectivity index (χ3v) is 7.95. The maximum absolute atomic E-state index is 9.19. The molecule has 1 nitrogen and oxygen atoms in total. The van der Waals surface area contributed by atoms with Gasteiger partial charge < -0.3 is 0 Å². The fourth-order valence-corrected chi connectivity index (χ4v) is 6.98. The topological polar surface area (TPSA) is 23.8 Å². The summed E-state index contributed by atoms with van der Waals surface area (Å²) < 4.78 is 0. The second-order valence-electron chi connectivity index (χ2n) is 7.85. The molecule has 4 saturated carbocycles. The van der Waals surface area contributed by atoms with Crippen LogP contribution in [0.3, 0.4) is 0 Å². The number of rotatable bonds is 2. The van der Waals surface area contributed by atoms with Gasteiger partial charge in [-0.05, 0) is 71.9 Å². The first-order valence-corrected chi connectivity index (χ1v) is 8.35. The highest BCUT2D eigenvalue weighted by Gasteiger charge is 2.66. The molecule has 0 aromatic rings. The molecule has 4 bridgehead atoms. The van der Waals surface area contributed by atoms with E-state index in [9.17, 15) is 5.26 Å². The van der Waals surface area contributed by atoms with Crippen LogP contribution >= 0.6 is 11.8 Å². The molecule has 4 rings (SSSR count). The standard InChI is InChI=1S/C16H25NS/c1-10(2)11-7-13-15(3)5-6-16(13,4)14(18-9-17)12(11)8-15/h10-14H,5-8H2,1-4H3/t11-,12+,13+,14+,15-,16-/m1/s1. The molecule has 0 N–H and O–H groups in total. The van der Waals surface area contributed by atoms with Crippen LogP contribution in [0.25, 0.3) is 0 Å². The Balaban J connectivity index is 2.00. The second-order valence-corrected chi connectivity index (χ2v) is 8.78. The fraction of sp³-hybridized carbons (Fsp3) is 0.938. The van der Waals surface area contributed by atoms with E-state index < -0.39 is 0 Å². The van der Waals surface area contributed by atoms with Crippen molar-refractivity contribution in [3.8, 4) is 5.40 Å². The molecule has 4 fully saturated rings. The van der Waals surface area contributed by atoms with Gasteiger partial charge in [0.2, 0.25) is 0 Å². The summed E-state index contributed by atoms with van der Waals surface area (Å²) in [6.07, 6.45) is 5.57. The van der Waals surface area contributed by atoms with Crippen LogP contribution in [0.4, 0.5) is 0 Å². The van der Waals surface area contributed by atoms with Crippen LogP contribution in [0.5, 0.6) is 0 Å². The Hall–Kier alpha value is -0.160. The molecule has 0 amide bonds. The molecule has 0 saturated heterocycles. The quantitative estimate of drug-likeness (QED) is 0.675. The summed E-state index contributed by atoms with van der Waals surface area (Å²) in [7, 11) is 0.